The van der Waals surface area contributed by atoms with E-state index in [9.17, 15) is 28.1 Å². The highest BCUT2D eigenvalue weighted by molar-refractivity contribution is 7.15. The number of hydrogen-bond donors (Lipinski definition) is 1. The second-order valence-electron chi connectivity index (χ2n) is 3.76. The molecule has 7 nitrogen and oxygen atoms in total. The fraction of sp³-hybridized carbons (Fsp3) is 0.100. The number of halogens is 4. The molecule has 1 N–H and O–H groups in total. The molecule has 2 aromatic rings. The van der Waals surface area contributed by atoms with Gasteiger partial charge in [-0.2, -0.15) is 13.2 Å². The van der Waals surface area contributed by atoms with Crippen LogP contribution in [0.15, 0.2) is 18.2 Å². The number of nitrogens with one attached hydrogen (secondary N) is 1. The molecule has 0 atom stereocenters. The number of aromatic nitrogens is 2. The van der Waals surface area contributed by atoms with Gasteiger partial charge in [0.15, 0.2) is 0 Å². The molecule has 0 aliphatic heterocycles. The van der Waals surface area contributed by atoms with Gasteiger partial charge in [-0.1, -0.05) is 29.0 Å². The van der Waals surface area contributed by atoms with Gasteiger partial charge >= 0.3 is 6.18 Å². The lowest BCUT2D eigenvalue weighted by atomic mass is 10.1. The zero-order valence-corrected chi connectivity index (χ0v) is 11.8. The zero-order valence-electron chi connectivity index (χ0n) is 10.2. The van der Waals surface area contributed by atoms with Crippen molar-refractivity contribution < 1.29 is 22.9 Å². The van der Waals surface area contributed by atoms with Gasteiger partial charge in [0.1, 0.15) is 5.56 Å². The summed E-state index contributed by atoms with van der Waals surface area (Å²) in [6.45, 7) is 0. The van der Waals surface area contributed by atoms with E-state index in [1.165, 1.54) is 12.1 Å². The number of nitro benzene ring substituents is 1. The van der Waals surface area contributed by atoms with Crippen molar-refractivity contribution in [2.45, 2.75) is 6.18 Å². The fourth-order valence-corrected chi connectivity index (χ4v) is 2.30. The predicted octanol–water partition coefficient (Wildman–Crippen LogP) is 3.37. The van der Waals surface area contributed by atoms with Gasteiger partial charge in [0.05, 0.1) is 9.95 Å². The molecule has 22 heavy (non-hydrogen) atoms. The van der Waals surface area contributed by atoms with Gasteiger partial charge in [0.25, 0.3) is 11.6 Å². The molecule has 0 aliphatic carbocycles. The Labute approximate surface area is 128 Å². The van der Waals surface area contributed by atoms with Crippen LogP contribution in [0.2, 0.25) is 5.02 Å². The number of amides is 1. The summed E-state index contributed by atoms with van der Waals surface area (Å²) in [6.07, 6.45) is -4.70. The molecule has 1 aromatic heterocycles. The third kappa shape index (κ3) is 3.31. The van der Waals surface area contributed by atoms with E-state index in [4.69, 9.17) is 11.6 Å². The van der Waals surface area contributed by atoms with E-state index in [1.807, 2.05) is 5.32 Å². The van der Waals surface area contributed by atoms with Crippen LogP contribution < -0.4 is 5.32 Å². The number of carbonyl (C=O) groups excluding carboxylic acids is 1. The van der Waals surface area contributed by atoms with E-state index in [1.54, 1.807) is 0 Å². The second-order valence-corrected chi connectivity index (χ2v) is 5.14. The minimum Gasteiger partial charge on any atom is -0.296 e. The molecule has 0 saturated heterocycles. The van der Waals surface area contributed by atoms with Crippen LogP contribution in [0.4, 0.5) is 24.0 Å². The highest BCUT2D eigenvalue weighted by atomic mass is 35.5. The van der Waals surface area contributed by atoms with Gasteiger partial charge in [-0.15, -0.1) is 10.2 Å². The Bertz CT molecular complexity index is 749. The van der Waals surface area contributed by atoms with Crippen molar-refractivity contribution in [3.63, 3.8) is 0 Å². The van der Waals surface area contributed by atoms with E-state index >= 15 is 0 Å². The summed E-state index contributed by atoms with van der Waals surface area (Å²) in [4.78, 5) is 22.0. The molecule has 1 heterocycles. The lowest BCUT2D eigenvalue weighted by Crippen LogP contribution is -2.14. The Hall–Kier alpha value is -2.27. The first kappa shape index (κ1) is 16.1. The molecule has 1 aromatic carbocycles. The molecule has 2 rings (SSSR count). The van der Waals surface area contributed by atoms with Crippen LogP contribution in [0.25, 0.3) is 0 Å². The molecule has 0 saturated carbocycles. The first-order valence-electron chi connectivity index (χ1n) is 5.35. The first-order chi connectivity index (χ1) is 10.2. The normalized spacial score (nSPS) is 11.3. The molecule has 0 unspecified atom stereocenters. The SMILES string of the molecule is O=C(Nc1nnc(C(F)(F)F)s1)c1c(Cl)cccc1[N+](=O)[O-]. The second kappa shape index (κ2) is 5.85. The van der Waals surface area contributed by atoms with E-state index in [-0.39, 0.29) is 16.4 Å². The third-order valence-electron chi connectivity index (χ3n) is 2.30. The summed E-state index contributed by atoms with van der Waals surface area (Å²) in [5.41, 5.74) is -1.05. The average molecular weight is 353 g/mol. The summed E-state index contributed by atoms with van der Waals surface area (Å²) in [6, 6.07) is 3.55. The standard InChI is InChI=1S/C10H4ClF3N4O3S/c11-4-2-1-3-5(18(20)21)6(4)7(19)15-9-17-16-8(22-9)10(12,13)14/h1-3H,(H,15,17,19). The number of nitro groups is 1. The maximum atomic E-state index is 12.4. The maximum Gasteiger partial charge on any atom is 0.445 e. The third-order valence-corrected chi connectivity index (χ3v) is 3.50. The number of hydrogen-bond acceptors (Lipinski definition) is 6. The minimum atomic E-state index is -4.70. The Morgan fingerprint density at radius 2 is 2.05 bits per heavy atom. The van der Waals surface area contributed by atoms with Gasteiger partial charge in [-0.25, -0.2) is 0 Å². The number of rotatable bonds is 3. The number of nitrogens with zero attached hydrogens (tertiary/aromatic N) is 3. The van der Waals surface area contributed by atoms with Crippen molar-refractivity contribution in [1.29, 1.82) is 0 Å². The quantitative estimate of drug-likeness (QED) is 0.674. The van der Waals surface area contributed by atoms with Crippen LogP contribution in [0.3, 0.4) is 0 Å². The number of carbonyl (C=O) groups is 1. The molecule has 0 radical (unpaired) electrons. The fourth-order valence-electron chi connectivity index (χ4n) is 1.44. The number of benzene rings is 1. The smallest absolute Gasteiger partial charge is 0.296 e. The van der Waals surface area contributed by atoms with Crippen LogP contribution in [0.1, 0.15) is 15.4 Å². The lowest BCUT2D eigenvalue weighted by molar-refractivity contribution is -0.385. The van der Waals surface area contributed by atoms with Crippen LogP contribution in [-0.4, -0.2) is 21.0 Å². The Balaban J connectivity index is 2.31. The van der Waals surface area contributed by atoms with E-state index in [0.717, 1.165) is 6.07 Å². The van der Waals surface area contributed by atoms with Crippen molar-refractivity contribution in [1.82, 2.24) is 10.2 Å². The summed E-state index contributed by atoms with van der Waals surface area (Å²) in [7, 11) is 0. The van der Waals surface area contributed by atoms with E-state index < -0.39 is 38.4 Å². The maximum absolute atomic E-state index is 12.4. The largest absolute Gasteiger partial charge is 0.445 e. The summed E-state index contributed by atoms with van der Waals surface area (Å²) >= 11 is 5.83. The van der Waals surface area contributed by atoms with E-state index in [0.29, 0.717) is 0 Å². The predicted molar refractivity (Wildman–Crippen MR) is 71.0 cm³/mol. The van der Waals surface area contributed by atoms with Crippen molar-refractivity contribution in [3.8, 4) is 0 Å². The molecule has 1 amide bonds. The van der Waals surface area contributed by atoms with Crippen molar-refractivity contribution in [2.75, 3.05) is 5.32 Å². The molecule has 0 aliphatic rings. The lowest BCUT2D eigenvalue weighted by Gasteiger charge is -2.04. The molecule has 0 bridgehead atoms. The van der Waals surface area contributed by atoms with Gasteiger partial charge in [0.2, 0.25) is 10.1 Å². The van der Waals surface area contributed by atoms with Crippen molar-refractivity contribution in [3.05, 3.63) is 43.9 Å². The van der Waals surface area contributed by atoms with Gasteiger partial charge in [0, 0.05) is 6.07 Å². The van der Waals surface area contributed by atoms with Crippen molar-refractivity contribution in [2.24, 2.45) is 0 Å². The molecule has 0 spiro atoms. The van der Waals surface area contributed by atoms with E-state index in [2.05, 4.69) is 10.2 Å². The minimum absolute atomic E-state index is 0.0908. The number of anilines is 1. The number of alkyl halides is 3. The Kier molecular flexibility index (Phi) is 4.28. The van der Waals surface area contributed by atoms with Crippen molar-refractivity contribution >= 4 is 39.7 Å². The molecular weight excluding hydrogens is 349 g/mol. The average Bonchev–Trinajstić information content (AvgIpc) is 2.86. The highest BCUT2D eigenvalue weighted by Crippen LogP contribution is 2.33. The van der Waals surface area contributed by atoms with Crippen LogP contribution in [0, 0.1) is 10.1 Å². The Morgan fingerprint density at radius 1 is 1.36 bits per heavy atom. The van der Waals surface area contributed by atoms with Crippen LogP contribution in [0.5, 0.6) is 0 Å². The van der Waals surface area contributed by atoms with Crippen LogP contribution >= 0.6 is 22.9 Å². The Morgan fingerprint density at radius 3 is 2.59 bits per heavy atom. The zero-order chi connectivity index (χ0) is 16.5. The molecule has 12 heteroatoms. The van der Waals surface area contributed by atoms with Gasteiger partial charge < -0.3 is 0 Å². The molecule has 0 fully saturated rings. The first-order valence-corrected chi connectivity index (χ1v) is 6.54. The molecule has 116 valence electrons. The monoisotopic (exact) mass is 352 g/mol. The topological polar surface area (TPSA) is 98.0 Å². The highest BCUT2D eigenvalue weighted by Gasteiger charge is 2.36. The van der Waals surface area contributed by atoms with Gasteiger partial charge in [-0.3, -0.25) is 20.2 Å². The van der Waals surface area contributed by atoms with Gasteiger partial charge in [-0.05, 0) is 6.07 Å². The van der Waals surface area contributed by atoms with Crippen LogP contribution in [-0.2, 0) is 6.18 Å². The summed E-state index contributed by atoms with van der Waals surface area (Å²) < 4.78 is 37.1. The molecular formula is C10H4ClF3N4O3S. The summed E-state index contributed by atoms with van der Waals surface area (Å²) in [5, 5.41) is 17.0. The summed E-state index contributed by atoms with van der Waals surface area (Å²) in [5.74, 6) is -1.05.